The van der Waals surface area contributed by atoms with Gasteiger partial charge in [-0.3, -0.25) is 0 Å². The third kappa shape index (κ3) is 5.25. The zero-order valence-corrected chi connectivity index (χ0v) is 40.5. The molecule has 1 aliphatic carbocycles. The quantitative estimate of drug-likeness (QED) is 0.160. The van der Waals surface area contributed by atoms with Gasteiger partial charge in [0, 0.05) is 59.2 Å². The van der Waals surface area contributed by atoms with E-state index in [1.807, 2.05) is 11.3 Å². The van der Waals surface area contributed by atoms with Gasteiger partial charge in [0.15, 0.2) is 0 Å². The molecule has 320 valence electrons. The van der Waals surface area contributed by atoms with Crippen molar-refractivity contribution in [2.75, 3.05) is 9.80 Å². The monoisotopic (exact) mass is 861 g/mol. The van der Waals surface area contributed by atoms with Gasteiger partial charge in [-0.15, -0.1) is 11.3 Å². The molecule has 3 nitrogen and oxygen atoms in total. The summed E-state index contributed by atoms with van der Waals surface area (Å²) < 4.78 is 5.32. The topological polar surface area (TPSA) is 10.9 Å². The SMILES string of the molecule is Cc1cc2c3c(c1)N(c1ccc(C(C)(C)C)cc1)c1c(cc4c5ccccc5n5c6ccccc6c1c45)B3c1sc3ccc(C(C)(C)C)cc3c1N2c1ccc2c(c1)C(C)(C)CC2(C)C. The zero-order valence-electron chi connectivity index (χ0n) is 39.7. The number of fused-ring (bicyclic) bond motifs is 14. The Hall–Kier alpha value is -6.04. The first-order valence-electron chi connectivity index (χ1n) is 23.7. The summed E-state index contributed by atoms with van der Waals surface area (Å²) in [4.78, 5) is 5.35. The molecule has 2 aliphatic heterocycles. The van der Waals surface area contributed by atoms with Crippen molar-refractivity contribution in [1.29, 1.82) is 0 Å². The Morgan fingerprint density at radius 1 is 0.554 bits per heavy atom. The molecule has 0 amide bonds. The van der Waals surface area contributed by atoms with Crippen LogP contribution in [-0.2, 0) is 21.7 Å². The van der Waals surface area contributed by atoms with E-state index < -0.39 is 0 Å². The molecule has 0 spiro atoms. The van der Waals surface area contributed by atoms with Gasteiger partial charge in [-0.2, -0.15) is 0 Å². The summed E-state index contributed by atoms with van der Waals surface area (Å²) in [7, 11) is 0. The van der Waals surface area contributed by atoms with E-state index in [0.717, 1.165) is 6.42 Å². The molecule has 5 heteroatoms. The maximum Gasteiger partial charge on any atom is 0.264 e. The first-order valence-corrected chi connectivity index (χ1v) is 24.5. The van der Waals surface area contributed by atoms with E-state index in [1.54, 1.807) is 0 Å². The molecule has 0 atom stereocenters. The Bertz CT molecular complexity index is 3680. The number of thiophene rings is 1. The van der Waals surface area contributed by atoms with Crippen LogP contribution in [0.15, 0.2) is 127 Å². The fraction of sp³-hybridized carbons (Fsp3) is 0.267. The van der Waals surface area contributed by atoms with Crippen LogP contribution in [0, 0.1) is 6.92 Å². The standard InChI is InChI=1S/C60H56BN3S/c1-34-28-48-52-49(29-34)63(38-25-26-43-44(31-38)60(10,11)33-59(43,8)9)54-42-30-36(58(5,6)7)22-27-50(42)65-56(54)61(52)45-32-41-39-16-12-14-18-46(39)64-47-19-15-13-17-40(47)51(53(41)64)55(45)62(48)37-23-20-35(21-24-37)57(2,3)4/h12-32H,33H2,1-11H3. The number of aryl methyl sites for hydroxylation is 1. The van der Waals surface area contributed by atoms with Crippen molar-refractivity contribution in [3.8, 4) is 0 Å². The zero-order chi connectivity index (χ0) is 44.9. The molecule has 13 rings (SSSR count). The van der Waals surface area contributed by atoms with E-state index in [0.29, 0.717) is 0 Å². The van der Waals surface area contributed by atoms with Crippen LogP contribution < -0.4 is 25.5 Å². The maximum atomic E-state index is 2.69. The van der Waals surface area contributed by atoms with Gasteiger partial charge in [0.25, 0.3) is 6.71 Å². The average Bonchev–Trinajstić information content (AvgIpc) is 3.96. The molecule has 0 unspecified atom stereocenters. The second-order valence-corrected chi connectivity index (χ2v) is 24.1. The maximum absolute atomic E-state index is 2.69. The van der Waals surface area contributed by atoms with Gasteiger partial charge in [-0.05, 0) is 134 Å². The molecule has 0 radical (unpaired) electrons. The summed E-state index contributed by atoms with van der Waals surface area (Å²) in [6.07, 6.45) is 1.14. The summed E-state index contributed by atoms with van der Waals surface area (Å²) in [6.45, 7) is 26.1. The molecular weight excluding hydrogens is 806 g/mol. The molecule has 65 heavy (non-hydrogen) atoms. The Balaban J connectivity index is 1.20. The lowest BCUT2D eigenvalue weighted by Gasteiger charge is -2.44. The first kappa shape index (κ1) is 39.3. The van der Waals surface area contributed by atoms with Crippen molar-refractivity contribution >= 4 is 116 Å². The van der Waals surface area contributed by atoms with E-state index in [1.165, 1.54) is 126 Å². The molecule has 0 N–H and O–H groups in total. The summed E-state index contributed by atoms with van der Waals surface area (Å²) in [5.74, 6) is 0. The Kier molecular flexibility index (Phi) is 7.65. The molecule has 0 saturated carbocycles. The van der Waals surface area contributed by atoms with E-state index in [2.05, 4.69) is 218 Å². The molecule has 3 aromatic heterocycles. The molecule has 0 saturated heterocycles. The van der Waals surface area contributed by atoms with Crippen LogP contribution in [0.4, 0.5) is 34.1 Å². The van der Waals surface area contributed by atoms with Gasteiger partial charge in [-0.1, -0.05) is 136 Å². The molecule has 5 heterocycles. The third-order valence-electron chi connectivity index (χ3n) is 15.6. The van der Waals surface area contributed by atoms with E-state index in [-0.39, 0.29) is 28.4 Å². The van der Waals surface area contributed by atoms with Gasteiger partial charge in [-0.25, -0.2) is 0 Å². The first-order chi connectivity index (χ1) is 30.9. The minimum atomic E-state index is 0.00515. The second kappa shape index (κ2) is 12.6. The Morgan fingerprint density at radius 3 is 1.85 bits per heavy atom. The van der Waals surface area contributed by atoms with Crippen LogP contribution >= 0.6 is 11.3 Å². The molecule has 10 aromatic rings. The number of para-hydroxylation sites is 2. The minimum Gasteiger partial charge on any atom is -0.311 e. The highest BCUT2D eigenvalue weighted by molar-refractivity contribution is 7.33. The van der Waals surface area contributed by atoms with E-state index in [4.69, 9.17) is 0 Å². The van der Waals surface area contributed by atoms with Crippen molar-refractivity contribution in [3.63, 3.8) is 0 Å². The van der Waals surface area contributed by atoms with Crippen LogP contribution in [0.2, 0.25) is 0 Å². The van der Waals surface area contributed by atoms with Crippen molar-refractivity contribution in [3.05, 3.63) is 155 Å². The predicted octanol–water partition coefficient (Wildman–Crippen LogP) is 15.0. The average molecular weight is 862 g/mol. The number of hydrogen-bond acceptors (Lipinski definition) is 3. The third-order valence-corrected chi connectivity index (χ3v) is 16.8. The molecule has 0 fully saturated rings. The van der Waals surface area contributed by atoms with Crippen molar-refractivity contribution in [2.45, 2.75) is 104 Å². The van der Waals surface area contributed by atoms with Gasteiger partial charge in [0.2, 0.25) is 0 Å². The minimum absolute atomic E-state index is 0.00515. The van der Waals surface area contributed by atoms with Crippen molar-refractivity contribution in [1.82, 2.24) is 4.40 Å². The summed E-state index contributed by atoms with van der Waals surface area (Å²) in [6, 6.07) is 50.1. The lowest BCUT2D eigenvalue weighted by molar-refractivity contribution is 0.403. The predicted molar refractivity (Wildman–Crippen MR) is 283 cm³/mol. The van der Waals surface area contributed by atoms with E-state index >= 15 is 0 Å². The van der Waals surface area contributed by atoms with Crippen LogP contribution in [0.25, 0.3) is 48.2 Å². The summed E-state index contributed by atoms with van der Waals surface area (Å²) in [5.41, 5.74) is 21.4. The van der Waals surface area contributed by atoms with Crippen molar-refractivity contribution < 1.29 is 0 Å². The van der Waals surface area contributed by atoms with Gasteiger partial charge in [0.1, 0.15) is 0 Å². The number of nitrogens with zero attached hydrogens (tertiary/aromatic N) is 3. The highest BCUT2D eigenvalue weighted by atomic mass is 32.1. The summed E-state index contributed by atoms with van der Waals surface area (Å²) in [5, 5.41) is 6.62. The van der Waals surface area contributed by atoms with Crippen molar-refractivity contribution in [2.24, 2.45) is 0 Å². The number of anilines is 6. The smallest absolute Gasteiger partial charge is 0.264 e. The number of hydrogen-bond donors (Lipinski definition) is 0. The van der Waals surface area contributed by atoms with Gasteiger partial charge >= 0.3 is 0 Å². The second-order valence-electron chi connectivity index (χ2n) is 23.0. The van der Waals surface area contributed by atoms with Crippen LogP contribution in [0.5, 0.6) is 0 Å². The van der Waals surface area contributed by atoms with E-state index in [9.17, 15) is 0 Å². The fourth-order valence-electron chi connectivity index (χ4n) is 12.8. The molecular formula is C60H56BN3S. The van der Waals surface area contributed by atoms with Gasteiger partial charge in [0.05, 0.1) is 27.9 Å². The number of rotatable bonds is 2. The highest BCUT2D eigenvalue weighted by Gasteiger charge is 2.48. The Labute approximate surface area is 387 Å². The fourth-order valence-corrected chi connectivity index (χ4v) is 14.1. The highest BCUT2D eigenvalue weighted by Crippen LogP contribution is 2.55. The largest absolute Gasteiger partial charge is 0.311 e. The molecule has 7 aromatic carbocycles. The summed E-state index contributed by atoms with van der Waals surface area (Å²) >= 11 is 2.01. The molecule has 3 aliphatic rings. The van der Waals surface area contributed by atoms with Crippen LogP contribution in [0.1, 0.15) is 103 Å². The van der Waals surface area contributed by atoms with Crippen LogP contribution in [0.3, 0.4) is 0 Å². The molecule has 0 bridgehead atoms. The number of aromatic nitrogens is 1. The van der Waals surface area contributed by atoms with Gasteiger partial charge < -0.3 is 14.2 Å². The lowest BCUT2D eigenvalue weighted by Crippen LogP contribution is -2.60. The normalized spacial score (nSPS) is 16.3. The Morgan fingerprint density at radius 2 is 1.15 bits per heavy atom. The number of benzene rings is 7. The van der Waals surface area contributed by atoms with Crippen LogP contribution in [-0.4, -0.2) is 11.1 Å². The lowest BCUT2D eigenvalue weighted by atomic mass is 9.36.